The minimum Gasteiger partial charge on any atom is -1.00 e. The minimum atomic E-state index is -1.15. The first-order chi connectivity index (χ1) is 16.4. The number of halogens is 2. The van der Waals surface area contributed by atoms with Crippen LogP contribution in [0.25, 0.3) is 0 Å². The van der Waals surface area contributed by atoms with Crippen molar-refractivity contribution in [2.75, 3.05) is 95.5 Å². The highest BCUT2D eigenvalue weighted by molar-refractivity contribution is 6.15. The molecule has 0 rings (SSSR count). The molecule has 0 spiro atoms. The van der Waals surface area contributed by atoms with Crippen molar-refractivity contribution in [3.05, 3.63) is 37.5 Å². The van der Waals surface area contributed by atoms with E-state index in [0.717, 1.165) is 48.0 Å². The highest BCUT2D eigenvalue weighted by Gasteiger charge is 2.06. The third-order valence-corrected chi connectivity index (χ3v) is 4.13. The summed E-state index contributed by atoms with van der Waals surface area (Å²) in [5.41, 5.74) is 0.161. The molecule has 11 heteroatoms. The predicted octanol–water partition coefficient (Wildman–Crippen LogP) is -2.13. The highest BCUT2D eigenvalue weighted by Crippen LogP contribution is 1.96. The van der Waals surface area contributed by atoms with E-state index in [2.05, 4.69) is 84.3 Å². The van der Waals surface area contributed by atoms with Crippen molar-refractivity contribution >= 4 is 29.4 Å². The van der Waals surface area contributed by atoms with Crippen LogP contribution in [0.15, 0.2) is 37.5 Å². The lowest BCUT2D eigenvalue weighted by Gasteiger charge is -2.23. The number of amides is 2. The quantitative estimate of drug-likeness (QED) is 0.108. The van der Waals surface area contributed by atoms with Gasteiger partial charge in [-0.2, -0.15) is 0 Å². The number of hydrogen-bond acceptors (Lipinski definition) is 5. The Balaban J connectivity index is -0.000000132. The Kier molecular flexibility index (Phi) is 33.0. The molecule has 0 aliphatic heterocycles. The highest BCUT2D eigenvalue weighted by atomic mass is 35.5. The number of carbonyl (C=O) groups is 3. The normalized spacial score (nSPS) is 9.92. The molecule has 0 aliphatic carbocycles. The number of carboxylic acids is 1. The van der Waals surface area contributed by atoms with Gasteiger partial charge in [0.1, 0.15) is 0 Å². The standard InChI is InChI=1S/2C9H18N2O.C7H13NO2.CH3Cl.ClH/c2*1-5-9(12)10-7-6-8-11(2,3)4;1-6(7(9)10)4-5-8(2)3;1-2;/h2*5H,1,6-8H2,2-4H3;1,4-5H2,2-3H3,(H,9,10);1H3;1H. The van der Waals surface area contributed by atoms with Gasteiger partial charge in [-0.05, 0) is 38.2 Å². The summed E-state index contributed by atoms with van der Waals surface area (Å²) in [6, 6.07) is 0. The van der Waals surface area contributed by atoms with Gasteiger partial charge in [0.2, 0.25) is 11.8 Å². The maximum absolute atomic E-state index is 10.7. The molecular formula is C26H53Cl2N5O4. The van der Waals surface area contributed by atoms with Crippen LogP contribution in [0.4, 0.5) is 0 Å². The molecular weight excluding hydrogens is 517 g/mol. The van der Waals surface area contributed by atoms with Gasteiger partial charge < -0.3 is 46.8 Å². The Morgan fingerprint density at radius 2 is 1.16 bits per heavy atom. The molecule has 37 heavy (non-hydrogen) atoms. The Labute approximate surface area is 237 Å². The molecule has 0 aromatic rings. The zero-order valence-corrected chi connectivity index (χ0v) is 26.2. The second-order valence-corrected chi connectivity index (χ2v) is 10.2. The number of rotatable bonds is 14. The first-order valence-corrected chi connectivity index (χ1v) is 12.5. The lowest BCUT2D eigenvalue weighted by molar-refractivity contribution is -0.870. The number of quaternary nitrogens is 2. The lowest BCUT2D eigenvalue weighted by Crippen LogP contribution is -3.00. The van der Waals surface area contributed by atoms with Crippen LogP contribution < -0.4 is 28.1 Å². The molecule has 0 saturated carbocycles. The monoisotopic (exact) mass is 569 g/mol. The molecule has 0 aromatic heterocycles. The number of hydrogen-bond donors (Lipinski definition) is 2. The molecule has 0 atom stereocenters. The van der Waals surface area contributed by atoms with Gasteiger partial charge in [-0.1, -0.05) is 19.7 Å². The average molecular weight is 571 g/mol. The molecule has 0 radical (unpaired) electrons. The average Bonchev–Trinajstić information content (AvgIpc) is 2.78. The van der Waals surface area contributed by atoms with E-state index in [-0.39, 0.29) is 29.8 Å². The molecule has 0 saturated heterocycles. The fourth-order valence-corrected chi connectivity index (χ4v) is 2.13. The fourth-order valence-electron chi connectivity index (χ4n) is 2.13. The smallest absolute Gasteiger partial charge is 0.243 e. The van der Waals surface area contributed by atoms with E-state index in [4.69, 9.17) is 0 Å². The topological polar surface area (TPSA) is 102 Å². The van der Waals surface area contributed by atoms with Crippen molar-refractivity contribution in [3.8, 4) is 0 Å². The van der Waals surface area contributed by atoms with Gasteiger partial charge >= 0.3 is 0 Å². The molecule has 2 amide bonds. The second-order valence-electron chi connectivity index (χ2n) is 10.2. The Bertz CT molecular complexity index is 606. The van der Waals surface area contributed by atoms with Crippen molar-refractivity contribution < 1.29 is 40.9 Å². The molecule has 0 aliphatic rings. The number of nitrogens with one attached hydrogen (secondary N) is 2. The first-order valence-electron chi connectivity index (χ1n) is 11.8. The lowest BCUT2D eigenvalue weighted by atomic mass is 10.2. The summed E-state index contributed by atoms with van der Waals surface area (Å²) in [4.78, 5) is 33.4. The van der Waals surface area contributed by atoms with Crippen molar-refractivity contribution in [2.24, 2.45) is 0 Å². The van der Waals surface area contributed by atoms with Crippen LogP contribution in [0.3, 0.4) is 0 Å². The van der Waals surface area contributed by atoms with E-state index in [1.807, 2.05) is 19.0 Å². The number of nitrogens with zero attached hydrogens (tertiary/aromatic N) is 3. The van der Waals surface area contributed by atoms with E-state index in [1.165, 1.54) is 18.5 Å². The molecule has 0 heterocycles. The summed E-state index contributed by atoms with van der Waals surface area (Å²) in [6.45, 7) is 14.4. The van der Waals surface area contributed by atoms with E-state index in [9.17, 15) is 19.5 Å². The van der Waals surface area contributed by atoms with Crippen molar-refractivity contribution in [3.63, 3.8) is 0 Å². The van der Waals surface area contributed by atoms with Gasteiger partial charge in [0.05, 0.1) is 61.3 Å². The number of alkyl halides is 1. The van der Waals surface area contributed by atoms with Crippen LogP contribution in [0.5, 0.6) is 0 Å². The number of aliphatic carboxylic acids is 1. The van der Waals surface area contributed by atoms with E-state index < -0.39 is 5.97 Å². The summed E-state index contributed by atoms with van der Waals surface area (Å²) in [5, 5.41) is 15.6. The van der Waals surface area contributed by atoms with Crippen LogP contribution in [-0.2, 0) is 14.4 Å². The first kappa shape index (κ1) is 45.0. The summed E-state index contributed by atoms with van der Waals surface area (Å²) in [7, 11) is 16.6. The van der Waals surface area contributed by atoms with Crippen LogP contribution in [-0.4, -0.2) is 127 Å². The van der Waals surface area contributed by atoms with Gasteiger partial charge in [-0.15, -0.1) is 11.6 Å². The third kappa shape index (κ3) is 47.8. The van der Waals surface area contributed by atoms with Crippen LogP contribution >= 0.6 is 11.6 Å². The molecule has 0 unspecified atom stereocenters. The largest absolute Gasteiger partial charge is 1.00 e. The Morgan fingerprint density at radius 1 is 0.838 bits per heavy atom. The number of carbonyl (C=O) groups excluding carboxylic acids is 3. The van der Waals surface area contributed by atoms with E-state index >= 15 is 0 Å². The summed E-state index contributed by atoms with van der Waals surface area (Å²) >= 11 is 4.64. The zero-order chi connectivity index (χ0) is 29.4. The maximum atomic E-state index is 10.7. The van der Waals surface area contributed by atoms with Crippen LogP contribution in [0.1, 0.15) is 19.3 Å². The minimum absolute atomic E-state index is 0. The van der Waals surface area contributed by atoms with E-state index in [1.54, 1.807) is 0 Å². The molecule has 9 nitrogen and oxygen atoms in total. The van der Waals surface area contributed by atoms with Crippen molar-refractivity contribution in [1.82, 2.24) is 15.5 Å². The summed E-state index contributed by atoms with van der Waals surface area (Å²) in [6.07, 6.45) is 6.54. The van der Waals surface area contributed by atoms with Gasteiger partial charge in [-0.3, -0.25) is 9.59 Å². The van der Waals surface area contributed by atoms with Crippen molar-refractivity contribution in [1.29, 1.82) is 0 Å². The summed E-state index contributed by atoms with van der Waals surface area (Å²) in [5.74, 6) is -1.32. The summed E-state index contributed by atoms with van der Waals surface area (Å²) < 4.78 is 1.87. The van der Waals surface area contributed by atoms with Crippen molar-refractivity contribution in [2.45, 2.75) is 19.3 Å². The molecule has 0 bridgehead atoms. The Morgan fingerprint density at radius 3 is 1.38 bits per heavy atom. The van der Waals surface area contributed by atoms with Gasteiger partial charge in [0, 0.05) is 38.9 Å². The van der Waals surface area contributed by atoms with E-state index in [0.29, 0.717) is 13.0 Å². The Hall–Kier alpha value is -1.91. The maximum Gasteiger partial charge on any atom is 0.243 e. The fraction of sp³-hybridized carbons (Fsp3) is 0.654. The van der Waals surface area contributed by atoms with Crippen LogP contribution in [0, 0.1) is 0 Å². The van der Waals surface area contributed by atoms with Gasteiger partial charge in [-0.25, -0.2) is 0 Å². The molecule has 2 N–H and O–H groups in total. The molecule has 0 fully saturated rings. The van der Waals surface area contributed by atoms with Crippen LogP contribution in [0.2, 0.25) is 0 Å². The van der Waals surface area contributed by atoms with Gasteiger partial charge in [0.15, 0.2) is 0 Å². The third-order valence-electron chi connectivity index (χ3n) is 4.13. The predicted molar refractivity (Wildman–Crippen MR) is 151 cm³/mol. The zero-order valence-electron chi connectivity index (χ0n) is 24.7. The molecule has 220 valence electrons. The SMILES string of the molecule is C=C(CCN(C)C)C(=O)[O-].C=CC(=O)NCCC[N+](C)(C)C.C=CC(=O)NCCC[N+](C)(C)C.CCl.[Cl-]. The number of carboxylic acid groups (broad SMARTS) is 1. The molecule has 0 aromatic carbocycles. The second kappa shape index (κ2) is 27.1. The van der Waals surface area contributed by atoms with Gasteiger partial charge in [0.25, 0.3) is 0 Å².